The van der Waals surface area contributed by atoms with E-state index in [0.29, 0.717) is 11.4 Å². The van der Waals surface area contributed by atoms with Gasteiger partial charge in [0.2, 0.25) is 0 Å². The van der Waals surface area contributed by atoms with Gasteiger partial charge in [-0.15, -0.1) is 11.3 Å². The largest absolute Gasteiger partial charge is 0.347 e. The minimum Gasteiger partial charge on any atom is -0.347 e. The van der Waals surface area contributed by atoms with Crippen LogP contribution in [0.25, 0.3) is 11.3 Å². The molecule has 1 amide bonds. The van der Waals surface area contributed by atoms with Crippen LogP contribution in [-0.2, 0) is 13.1 Å². The van der Waals surface area contributed by atoms with Crippen molar-refractivity contribution in [1.82, 2.24) is 15.2 Å². The maximum Gasteiger partial charge on any atom is 0.263 e. The monoisotopic (exact) mass is 393 g/mol. The summed E-state index contributed by atoms with van der Waals surface area (Å²) < 4.78 is 0. The normalized spacial score (nSPS) is 11.0. The molecule has 2 aromatic carbocycles. The van der Waals surface area contributed by atoms with Crippen LogP contribution in [0.1, 0.15) is 39.7 Å². The van der Waals surface area contributed by atoms with Crippen LogP contribution in [0.4, 0.5) is 0 Å². The lowest BCUT2D eigenvalue weighted by Gasteiger charge is -2.18. The molecule has 0 atom stereocenters. The van der Waals surface area contributed by atoms with Crippen molar-refractivity contribution < 1.29 is 4.79 Å². The van der Waals surface area contributed by atoms with E-state index in [1.54, 1.807) is 0 Å². The van der Waals surface area contributed by atoms with Gasteiger partial charge in [0.15, 0.2) is 0 Å². The summed E-state index contributed by atoms with van der Waals surface area (Å²) in [5.41, 5.74) is 4.12. The fourth-order valence-electron chi connectivity index (χ4n) is 3.10. The van der Waals surface area contributed by atoms with E-state index < -0.39 is 0 Å². The third-order valence-corrected chi connectivity index (χ3v) is 5.73. The van der Waals surface area contributed by atoms with E-state index in [4.69, 9.17) is 0 Å². The standard InChI is InChI=1S/C23H27N3OS/c1-4-26(5-2)16-19-13-11-18(12-14-19)15-24-23(27)22-21(25-17(3)28-22)20-9-7-6-8-10-20/h6-14H,4-5,15-16H2,1-3H3,(H,24,27). The van der Waals surface area contributed by atoms with E-state index in [1.165, 1.54) is 16.9 Å². The lowest BCUT2D eigenvalue weighted by molar-refractivity contribution is 0.0955. The first kappa shape index (κ1) is 20.2. The van der Waals surface area contributed by atoms with Gasteiger partial charge in [-0.2, -0.15) is 0 Å². The Morgan fingerprint density at radius 1 is 1.00 bits per heavy atom. The number of hydrogen-bond acceptors (Lipinski definition) is 4. The number of aryl methyl sites for hydroxylation is 1. The van der Waals surface area contributed by atoms with Gasteiger partial charge >= 0.3 is 0 Å². The number of carbonyl (C=O) groups is 1. The average Bonchev–Trinajstić information content (AvgIpc) is 3.13. The highest BCUT2D eigenvalue weighted by Gasteiger charge is 2.17. The third kappa shape index (κ3) is 5.06. The maximum absolute atomic E-state index is 12.8. The smallest absolute Gasteiger partial charge is 0.263 e. The number of nitrogens with zero attached hydrogens (tertiary/aromatic N) is 2. The van der Waals surface area contributed by atoms with Crippen LogP contribution < -0.4 is 5.32 Å². The van der Waals surface area contributed by atoms with Gasteiger partial charge in [0, 0.05) is 18.7 Å². The molecule has 0 bridgehead atoms. The summed E-state index contributed by atoms with van der Waals surface area (Å²) in [4.78, 5) is 20.4. The van der Waals surface area contributed by atoms with E-state index in [1.807, 2.05) is 37.3 Å². The fourth-order valence-corrected chi connectivity index (χ4v) is 3.96. The lowest BCUT2D eigenvalue weighted by Crippen LogP contribution is -2.23. The Labute approximate surface area is 171 Å². The van der Waals surface area contributed by atoms with Crippen LogP contribution in [0.15, 0.2) is 54.6 Å². The highest BCUT2D eigenvalue weighted by atomic mass is 32.1. The Morgan fingerprint density at radius 2 is 1.64 bits per heavy atom. The molecule has 0 aliphatic rings. The number of thiazole rings is 1. The summed E-state index contributed by atoms with van der Waals surface area (Å²) in [6.45, 7) is 9.85. The summed E-state index contributed by atoms with van der Waals surface area (Å²) in [5, 5.41) is 3.94. The molecule has 0 spiro atoms. The summed E-state index contributed by atoms with van der Waals surface area (Å²) >= 11 is 1.44. The average molecular weight is 394 g/mol. The number of aromatic nitrogens is 1. The Bertz CT molecular complexity index is 899. The third-order valence-electron chi connectivity index (χ3n) is 4.76. The van der Waals surface area contributed by atoms with Crippen LogP contribution in [0.2, 0.25) is 0 Å². The van der Waals surface area contributed by atoms with E-state index in [2.05, 4.69) is 53.3 Å². The number of nitrogens with one attached hydrogen (secondary N) is 1. The summed E-state index contributed by atoms with van der Waals surface area (Å²) in [6, 6.07) is 18.3. The molecule has 0 aliphatic heterocycles. The van der Waals surface area contributed by atoms with Gasteiger partial charge in [-0.1, -0.05) is 68.4 Å². The minimum absolute atomic E-state index is 0.0725. The highest BCUT2D eigenvalue weighted by molar-refractivity contribution is 7.14. The summed E-state index contributed by atoms with van der Waals surface area (Å²) in [5.74, 6) is -0.0725. The highest BCUT2D eigenvalue weighted by Crippen LogP contribution is 2.27. The van der Waals surface area contributed by atoms with E-state index >= 15 is 0 Å². The second kappa shape index (κ2) is 9.62. The van der Waals surface area contributed by atoms with Crippen molar-refractivity contribution in [3.63, 3.8) is 0 Å². The van der Waals surface area contributed by atoms with Gasteiger partial charge in [-0.25, -0.2) is 4.98 Å². The second-order valence-electron chi connectivity index (χ2n) is 6.74. The molecule has 0 fully saturated rings. The van der Waals surface area contributed by atoms with E-state index in [0.717, 1.165) is 41.5 Å². The molecule has 3 aromatic rings. The van der Waals surface area contributed by atoms with Gasteiger partial charge in [0.05, 0.1) is 10.7 Å². The van der Waals surface area contributed by atoms with Gasteiger partial charge in [0.25, 0.3) is 5.91 Å². The predicted octanol–water partition coefficient (Wildman–Crippen LogP) is 4.89. The minimum atomic E-state index is -0.0725. The molecule has 146 valence electrons. The van der Waals surface area contributed by atoms with Crippen LogP contribution >= 0.6 is 11.3 Å². The zero-order valence-electron chi connectivity index (χ0n) is 16.7. The van der Waals surface area contributed by atoms with Crippen LogP contribution in [0.3, 0.4) is 0 Å². The van der Waals surface area contributed by atoms with Crippen molar-refractivity contribution in [3.05, 3.63) is 75.6 Å². The molecule has 0 radical (unpaired) electrons. The molecule has 1 heterocycles. The summed E-state index contributed by atoms with van der Waals surface area (Å²) in [6.07, 6.45) is 0. The zero-order valence-corrected chi connectivity index (χ0v) is 17.6. The first-order valence-electron chi connectivity index (χ1n) is 9.72. The van der Waals surface area contributed by atoms with Crippen molar-refractivity contribution in [1.29, 1.82) is 0 Å². The lowest BCUT2D eigenvalue weighted by atomic mass is 10.1. The molecule has 28 heavy (non-hydrogen) atoms. The molecule has 5 heteroatoms. The predicted molar refractivity (Wildman–Crippen MR) is 117 cm³/mol. The fraction of sp³-hybridized carbons (Fsp3) is 0.304. The van der Waals surface area contributed by atoms with Crippen LogP contribution in [0, 0.1) is 6.92 Å². The van der Waals surface area contributed by atoms with Gasteiger partial charge < -0.3 is 5.32 Å². The number of carbonyl (C=O) groups excluding carboxylic acids is 1. The maximum atomic E-state index is 12.8. The van der Waals surface area contributed by atoms with Gasteiger partial charge in [-0.05, 0) is 31.1 Å². The first-order valence-corrected chi connectivity index (χ1v) is 10.5. The summed E-state index contributed by atoms with van der Waals surface area (Å²) in [7, 11) is 0. The van der Waals surface area contributed by atoms with Crippen LogP contribution in [0.5, 0.6) is 0 Å². The molecule has 3 rings (SSSR count). The van der Waals surface area contributed by atoms with Gasteiger partial charge in [-0.3, -0.25) is 9.69 Å². The van der Waals surface area contributed by atoms with E-state index in [9.17, 15) is 4.79 Å². The van der Waals surface area contributed by atoms with E-state index in [-0.39, 0.29) is 5.91 Å². The van der Waals surface area contributed by atoms with Gasteiger partial charge in [0.1, 0.15) is 4.88 Å². The van der Waals surface area contributed by atoms with Crippen molar-refractivity contribution in [2.24, 2.45) is 0 Å². The Morgan fingerprint density at radius 3 is 2.29 bits per heavy atom. The molecule has 0 unspecified atom stereocenters. The number of benzene rings is 2. The Hall–Kier alpha value is -2.50. The van der Waals surface area contributed by atoms with Crippen molar-refractivity contribution in [3.8, 4) is 11.3 Å². The number of amides is 1. The van der Waals surface area contributed by atoms with Crippen LogP contribution in [-0.4, -0.2) is 28.9 Å². The Balaban J connectivity index is 1.65. The van der Waals surface area contributed by atoms with Crippen molar-refractivity contribution in [2.75, 3.05) is 13.1 Å². The first-order chi connectivity index (χ1) is 13.6. The quantitative estimate of drug-likeness (QED) is 0.593. The number of hydrogen-bond donors (Lipinski definition) is 1. The molecule has 0 saturated heterocycles. The SMILES string of the molecule is CCN(CC)Cc1ccc(CNC(=O)c2sc(C)nc2-c2ccccc2)cc1. The number of rotatable bonds is 8. The molecular weight excluding hydrogens is 366 g/mol. The Kier molecular flexibility index (Phi) is 6.95. The molecule has 4 nitrogen and oxygen atoms in total. The van der Waals surface area contributed by atoms with Crippen molar-refractivity contribution >= 4 is 17.2 Å². The molecule has 1 aromatic heterocycles. The molecular formula is C23H27N3OS. The van der Waals surface area contributed by atoms with Crippen molar-refractivity contribution in [2.45, 2.75) is 33.9 Å². The topological polar surface area (TPSA) is 45.2 Å². The zero-order chi connectivity index (χ0) is 19.9. The molecule has 0 saturated carbocycles. The molecule has 0 aliphatic carbocycles. The second-order valence-corrected chi connectivity index (χ2v) is 7.94. The molecule has 1 N–H and O–H groups in total.